The first-order valence-corrected chi connectivity index (χ1v) is 11.5. The van der Waals surface area contributed by atoms with E-state index < -0.39 is 0 Å². The van der Waals surface area contributed by atoms with E-state index in [2.05, 4.69) is 86.0 Å². The zero-order chi connectivity index (χ0) is 22.6. The molecule has 3 aromatic carbocycles. The van der Waals surface area contributed by atoms with Gasteiger partial charge >= 0.3 is 0 Å². The molecule has 164 valence electrons. The van der Waals surface area contributed by atoms with Crippen molar-refractivity contribution in [3.8, 4) is 22.3 Å². The number of hydrogen-bond donors (Lipinski definition) is 2. The number of nitrogens with one attached hydrogen (secondary N) is 2. The van der Waals surface area contributed by atoms with E-state index in [0.29, 0.717) is 5.02 Å². The third kappa shape index (κ3) is 5.48. The van der Waals surface area contributed by atoms with Crippen molar-refractivity contribution in [3.05, 3.63) is 84.0 Å². The fraction of sp³-hybridized carbons (Fsp3) is 0.250. The van der Waals surface area contributed by atoms with Gasteiger partial charge in [-0.25, -0.2) is 0 Å². The van der Waals surface area contributed by atoms with E-state index in [9.17, 15) is 0 Å². The highest BCUT2D eigenvalue weighted by atomic mass is 35.5. The average Bonchev–Trinajstić information content (AvgIpc) is 2.78. The van der Waals surface area contributed by atoms with Gasteiger partial charge in [0.2, 0.25) is 0 Å². The quantitative estimate of drug-likeness (QED) is 0.292. The van der Waals surface area contributed by atoms with Gasteiger partial charge in [0.1, 0.15) is 0 Å². The number of fused-ring (bicyclic) bond motifs is 1. The Balaban J connectivity index is 1.63. The fourth-order valence-electron chi connectivity index (χ4n) is 3.81. The first kappa shape index (κ1) is 22.3. The molecule has 4 rings (SSSR count). The second-order valence-corrected chi connectivity index (χ2v) is 9.55. The Labute approximate surface area is 195 Å². The Hall–Kier alpha value is -2.88. The number of aromatic nitrogens is 1. The number of nitrogens with zero attached hydrogens (tertiary/aromatic N) is 1. The molecule has 4 heteroatoms. The number of hydrogen-bond acceptors (Lipinski definition) is 3. The second kappa shape index (κ2) is 9.72. The molecule has 3 nitrogen and oxygen atoms in total. The smallest absolute Gasteiger partial charge is 0.0738 e. The van der Waals surface area contributed by atoms with Crippen molar-refractivity contribution in [2.24, 2.45) is 0 Å². The lowest BCUT2D eigenvalue weighted by atomic mass is 9.98. The molecule has 4 aromatic rings. The molecule has 0 amide bonds. The summed E-state index contributed by atoms with van der Waals surface area (Å²) in [6.45, 7) is 8.42. The van der Waals surface area contributed by atoms with E-state index in [1.807, 2.05) is 24.4 Å². The maximum Gasteiger partial charge on any atom is 0.0738 e. The Kier molecular flexibility index (Phi) is 6.78. The highest BCUT2D eigenvalue weighted by molar-refractivity contribution is 6.31. The van der Waals surface area contributed by atoms with Crippen LogP contribution >= 0.6 is 11.6 Å². The van der Waals surface area contributed by atoms with Crippen LogP contribution in [0.1, 0.15) is 27.2 Å². The van der Waals surface area contributed by atoms with Gasteiger partial charge in [-0.15, -0.1) is 0 Å². The molecule has 1 heterocycles. The number of rotatable bonds is 7. The van der Waals surface area contributed by atoms with Gasteiger partial charge in [0.05, 0.1) is 11.2 Å². The van der Waals surface area contributed by atoms with Gasteiger partial charge in [-0.1, -0.05) is 66.2 Å². The molecule has 0 bridgehead atoms. The minimum atomic E-state index is 0.131. The van der Waals surface area contributed by atoms with Crippen LogP contribution in [0.25, 0.3) is 33.2 Å². The molecule has 0 radical (unpaired) electrons. The lowest BCUT2D eigenvalue weighted by molar-refractivity contribution is 0.425. The zero-order valence-electron chi connectivity index (χ0n) is 19.0. The van der Waals surface area contributed by atoms with E-state index >= 15 is 0 Å². The summed E-state index contributed by atoms with van der Waals surface area (Å²) in [5.74, 6) is 0. The number of benzene rings is 3. The third-order valence-corrected chi connectivity index (χ3v) is 5.68. The maximum atomic E-state index is 6.22. The van der Waals surface area contributed by atoms with Crippen LogP contribution in [-0.2, 0) is 0 Å². The molecule has 0 saturated carbocycles. The van der Waals surface area contributed by atoms with Crippen LogP contribution in [0.5, 0.6) is 0 Å². The molecular weight excluding hydrogens is 414 g/mol. The Morgan fingerprint density at radius 3 is 2.22 bits per heavy atom. The standard InChI is InChI=1S/C28H30ClN3/c1-28(2,3)32-17-7-16-30-27-24-15-14-23(29)18-26(24)31-19-25(27)22-12-10-21(11-13-22)20-8-5-4-6-9-20/h4-6,8-15,18-19,32H,7,16-17H2,1-3H3,(H,30,31). The van der Waals surface area contributed by atoms with E-state index in [4.69, 9.17) is 16.6 Å². The van der Waals surface area contributed by atoms with Crippen LogP contribution in [0.15, 0.2) is 79.0 Å². The van der Waals surface area contributed by atoms with Gasteiger partial charge in [0.15, 0.2) is 0 Å². The van der Waals surface area contributed by atoms with Gasteiger partial charge in [-0.05, 0) is 68.6 Å². The molecule has 2 N–H and O–H groups in total. The normalized spacial score (nSPS) is 11.6. The van der Waals surface area contributed by atoms with Gasteiger partial charge in [0.25, 0.3) is 0 Å². The van der Waals surface area contributed by atoms with E-state index in [1.54, 1.807) is 0 Å². The Morgan fingerprint density at radius 2 is 1.50 bits per heavy atom. The SMILES string of the molecule is CC(C)(C)NCCCNc1c(-c2ccc(-c3ccccc3)cc2)cnc2cc(Cl)ccc12. The maximum absolute atomic E-state index is 6.22. The van der Waals surface area contributed by atoms with Crippen LogP contribution in [0.3, 0.4) is 0 Å². The molecule has 0 unspecified atom stereocenters. The monoisotopic (exact) mass is 443 g/mol. The first-order chi connectivity index (χ1) is 15.4. The van der Waals surface area contributed by atoms with Crippen LogP contribution in [-0.4, -0.2) is 23.6 Å². The average molecular weight is 444 g/mol. The number of halogens is 1. The lowest BCUT2D eigenvalue weighted by Gasteiger charge is -2.21. The predicted octanol–water partition coefficient (Wildman–Crippen LogP) is 7.41. The van der Waals surface area contributed by atoms with Gasteiger partial charge in [-0.2, -0.15) is 0 Å². The van der Waals surface area contributed by atoms with Crippen LogP contribution < -0.4 is 10.6 Å². The summed E-state index contributed by atoms with van der Waals surface area (Å²) in [7, 11) is 0. The fourth-order valence-corrected chi connectivity index (χ4v) is 3.98. The van der Waals surface area contributed by atoms with Crippen LogP contribution in [0.4, 0.5) is 5.69 Å². The van der Waals surface area contributed by atoms with Crippen molar-refractivity contribution in [3.63, 3.8) is 0 Å². The lowest BCUT2D eigenvalue weighted by Crippen LogP contribution is -2.36. The summed E-state index contributed by atoms with van der Waals surface area (Å²) in [5.41, 5.74) is 6.80. The summed E-state index contributed by atoms with van der Waals surface area (Å²) < 4.78 is 0. The largest absolute Gasteiger partial charge is 0.384 e. The van der Waals surface area contributed by atoms with Crippen molar-refractivity contribution in [2.75, 3.05) is 18.4 Å². The zero-order valence-corrected chi connectivity index (χ0v) is 19.7. The molecular formula is C28H30ClN3. The van der Waals surface area contributed by atoms with Crippen molar-refractivity contribution in [1.29, 1.82) is 0 Å². The second-order valence-electron chi connectivity index (χ2n) is 9.11. The number of pyridine rings is 1. The summed E-state index contributed by atoms with van der Waals surface area (Å²) in [6.07, 6.45) is 2.98. The van der Waals surface area contributed by atoms with E-state index in [-0.39, 0.29) is 5.54 Å². The van der Waals surface area contributed by atoms with E-state index in [0.717, 1.165) is 47.2 Å². The first-order valence-electron chi connectivity index (χ1n) is 11.1. The van der Waals surface area contributed by atoms with Crippen LogP contribution in [0.2, 0.25) is 5.02 Å². The molecule has 0 fully saturated rings. The van der Waals surface area contributed by atoms with E-state index in [1.165, 1.54) is 11.1 Å². The molecule has 0 atom stereocenters. The van der Waals surface area contributed by atoms with Crippen molar-refractivity contribution in [1.82, 2.24) is 10.3 Å². The van der Waals surface area contributed by atoms with Crippen LogP contribution in [0, 0.1) is 0 Å². The van der Waals surface area contributed by atoms with Gasteiger partial charge < -0.3 is 10.6 Å². The summed E-state index contributed by atoms with van der Waals surface area (Å²) in [6, 6.07) is 25.1. The highest BCUT2D eigenvalue weighted by Crippen LogP contribution is 2.35. The molecule has 0 aliphatic rings. The summed E-state index contributed by atoms with van der Waals surface area (Å²) >= 11 is 6.22. The van der Waals surface area contributed by atoms with Gasteiger partial charge in [0, 0.05) is 34.3 Å². The number of anilines is 1. The molecule has 32 heavy (non-hydrogen) atoms. The Morgan fingerprint density at radius 1 is 0.812 bits per heavy atom. The molecule has 0 saturated heterocycles. The van der Waals surface area contributed by atoms with Crippen molar-refractivity contribution in [2.45, 2.75) is 32.7 Å². The highest BCUT2D eigenvalue weighted by Gasteiger charge is 2.12. The molecule has 1 aromatic heterocycles. The minimum Gasteiger partial charge on any atom is -0.384 e. The van der Waals surface area contributed by atoms with Gasteiger partial charge in [-0.3, -0.25) is 4.98 Å². The minimum absolute atomic E-state index is 0.131. The third-order valence-electron chi connectivity index (χ3n) is 5.44. The predicted molar refractivity (Wildman–Crippen MR) is 138 cm³/mol. The van der Waals surface area contributed by atoms with Crippen molar-refractivity contribution >= 4 is 28.2 Å². The summed E-state index contributed by atoms with van der Waals surface area (Å²) in [5, 5.41) is 9.02. The molecule has 0 aliphatic carbocycles. The van der Waals surface area contributed by atoms with Crippen molar-refractivity contribution < 1.29 is 0 Å². The molecule has 0 spiro atoms. The topological polar surface area (TPSA) is 37.0 Å². The molecule has 0 aliphatic heterocycles. The Bertz CT molecular complexity index is 1180. The summed E-state index contributed by atoms with van der Waals surface area (Å²) in [4.78, 5) is 4.70.